The minimum absolute atomic E-state index is 0.00345. The van der Waals surface area contributed by atoms with Crippen LogP contribution in [0.1, 0.15) is 30.9 Å². The molecule has 5 aliphatic heterocycles. The maximum Gasteiger partial charge on any atom is 0.586 e. The van der Waals surface area contributed by atoms with Gasteiger partial charge >= 0.3 is 12.4 Å². The summed E-state index contributed by atoms with van der Waals surface area (Å²) in [6.45, 7) is 3.45. The van der Waals surface area contributed by atoms with Crippen LogP contribution in [-0.2, 0) is 4.74 Å². The van der Waals surface area contributed by atoms with Crippen molar-refractivity contribution in [3.8, 4) is 28.4 Å². The van der Waals surface area contributed by atoms with Crippen LogP contribution in [0.25, 0.3) is 11.1 Å². The van der Waals surface area contributed by atoms with E-state index in [2.05, 4.69) is 19.7 Å². The van der Waals surface area contributed by atoms with E-state index < -0.39 is 12.4 Å². The van der Waals surface area contributed by atoms with Gasteiger partial charge in [-0.15, -0.1) is 8.78 Å². The molecule has 0 aliphatic carbocycles. The number of alkyl carbamates (subject to hydrolysis) is 1. The van der Waals surface area contributed by atoms with Crippen LogP contribution in [0.4, 0.5) is 13.6 Å². The first-order valence-corrected chi connectivity index (χ1v) is 11.3. The van der Waals surface area contributed by atoms with Crippen LogP contribution >= 0.6 is 0 Å². The van der Waals surface area contributed by atoms with Gasteiger partial charge in [0.1, 0.15) is 11.9 Å². The molecule has 1 N–H and O–H groups in total. The summed E-state index contributed by atoms with van der Waals surface area (Å²) in [6, 6.07) is 10.1. The maximum atomic E-state index is 13.3. The van der Waals surface area contributed by atoms with Crippen molar-refractivity contribution in [2.24, 2.45) is 5.92 Å². The van der Waals surface area contributed by atoms with Crippen LogP contribution in [0, 0.1) is 5.92 Å². The highest BCUT2D eigenvalue weighted by atomic mass is 19.3. The minimum atomic E-state index is -3.65. The van der Waals surface area contributed by atoms with Gasteiger partial charge in [-0.2, -0.15) is 0 Å². The van der Waals surface area contributed by atoms with E-state index in [1.807, 2.05) is 18.2 Å². The second-order valence-corrected chi connectivity index (χ2v) is 9.00. The second-order valence-electron chi connectivity index (χ2n) is 9.00. The largest absolute Gasteiger partial charge is 0.586 e. The normalized spacial score (nSPS) is 28.5. The maximum absolute atomic E-state index is 13.3. The summed E-state index contributed by atoms with van der Waals surface area (Å²) in [5, 5.41) is 3.00. The predicted octanol–water partition coefficient (Wildman–Crippen LogP) is 4.32. The fourth-order valence-electron chi connectivity index (χ4n) is 5.21. The van der Waals surface area contributed by atoms with E-state index in [1.54, 1.807) is 6.07 Å². The zero-order valence-corrected chi connectivity index (χ0v) is 17.9. The monoisotopic (exact) mass is 458 g/mol. The lowest BCUT2D eigenvalue weighted by molar-refractivity contribution is -0.286. The third-order valence-corrected chi connectivity index (χ3v) is 6.93. The fraction of sp³-hybridized carbons (Fsp3) is 0.458. The van der Waals surface area contributed by atoms with Crippen LogP contribution < -0.4 is 19.5 Å². The summed E-state index contributed by atoms with van der Waals surface area (Å²) in [4.78, 5) is 15.0. The van der Waals surface area contributed by atoms with E-state index in [-0.39, 0.29) is 23.6 Å². The van der Waals surface area contributed by atoms with E-state index in [1.165, 1.54) is 12.1 Å². The van der Waals surface area contributed by atoms with E-state index in [0.717, 1.165) is 43.6 Å². The van der Waals surface area contributed by atoms with Crippen LogP contribution in [0.2, 0.25) is 0 Å². The molecule has 1 unspecified atom stereocenters. The third-order valence-electron chi connectivity index (χ3n) is 6.93. The van der Waals surface area contributed by atoms with E-state index >= 15 is 0 Å². The van der Waals surface area contributed by atoms with Crippen LogP contribution in [0.5, 0.6) is 17.2 Å². The lowest BCUT2D eigenvalue weighted by atomic mass is 9.86. The zero-order valence-electron chi connectivity index (χ0n) is 17.9. The topological polar surface area (TPSA) is 69.3 Å². The van der Waals surface area contributed by atoms with E-state index in [4.69, 9.17) is 9.47 Å². The van der Waals surface area contributed by atoms with Gasteiger partial charge in [-0.05, 0) is 61.2 Å². The second kappa shape index (κ2) is 7.76. The van der Waals surface area contributed by atoms with Crippen molar-refractivity contribution in [2.45, 2.75) is 37.7 Å². The highest BCUT2D eigenvalue weighted by Crippen LogP contribution is 2.44. The van der Waals surface area contributed by atoms with Crippen molar-refractivity contribution in [3.05, 3.63) is 42.0 Å². The molecule has 5 aliphatic rings. The third kappa shape index (κ3) is 3.94. The van der Waals surface area contributed by atoms with Crippen LogP contribution in [0.15, 0.2) is 36.4 Å². The molecule has 0 aromatic heterocycles. The Hall–Kier alpha value is -3.07. The molecule has 0 radical (unpaired) electrons. The molecule has 3 fully saturated rings. The number of benzene rings is 2. The molecule has 0 saturated carbocycles. The Kier molecular flexibility index (Phi) is 4.83. The number of hydrogen-bond acceptors (Lipinski definition) is 6. The highest BCUT2D eigenvalue weighted by molar-refractivity contribution is 5.71. The van der Waals surface area contributed by atoms with Gasteiger partial charge < -0.3 is 24.3 Å². The molecule has 0 spiro atoms. The van der Waals surface area contributed by atoms with Crippen molar-refractivity contribution in [1.29, 1.82) is 0 Å². The molecule has 2 aromatic rings. The first kappa shape index (κ1) is 20.5. The Morgan fingerprint density at radius 2 is 1.73 bits per heavy atom. The summed E-state index contributed by atoms with van der Waals surface area (Å²) in [7, 11) is 0. The predicted molar refractivity (Wildman–Crippen MR) is 114 cm³/mol. The van der Waals surface area contributed by atoms with Crippen molar-refractivity contribution in [3.63, 3.8) is 0 Å². The number of carbonyl (C=O) groups is 1. The summed E-state index contributed by atoms with van der Waals surface area (Å²) in [5.74, 6) is 1.09. The first-order valence-electron chi connectivity index (χ1n) is 11.3. The average Bonchev–Trinajstić information content (AvgIpc) is 3.12. The zero-order chi connectivity index (χ0) is 22.6. The first-order chi connectivity index (χ1) is 15.9. The Balaban J connectivity index is 1.16. The number of halogens is 2. The number of amides is 1. The van der Waals surface area contributed by atoms with E-state index in [9.17, 15) is 13.6 Å². The molecule has 2 bridgehead atoms. The Morgan fingerprint density at radius 3 is 2.48 bits per heavy atom. The van der Waals surface area contributed by atoms with Crippen molar-refractivity contribution >= 4 is 6.09 Å². The molecule has 2 atom stereocenters. The molecule has 3 saturated heterocycles. The summed E-state index contributed by atoms with van der Waals surface area (Å²) in [5.41, 5.74) is 2.34. The van der Waals surface area contributed by atoms with Gasteiger partial charge in [-0.25, -0.2) is 4.79 Å². The molecular weight excluding hydrogens is 434 g/mol. The minimum Gasteiger partial charge on any atom is -0.493 e. The number of alkyl halides is 2. The van der Waals surface area contributed by atoms with Gasteiger partial charge in [0.2, 0.25) is 0 Å². The van der Waals surface area contributed by atoms with Gasteiger partial charge in [0.05, 0.1) is 12.6 Å². The number of piperidine rings is 3. The van der Waals surface area contributed by atoms with Gasteiger partial charge in [0, 0.05) is 18.5 Å². The van der Waals surface area contributed by atoms with E-state index in [0.29, 0.717) is 30.3 Å². The lowest BCUT2D eigenvalue weighted by Crippen LogP contribution is -2.52. The summed E-state index contributed by atoms with van der Waals surface area (Å²) >= 11 is 0. The number of nitrogens with one attached hydrogen (secondary N) is 1. The summed E-state index contributed by atoms with van der Waals surface area (Å²) in [6.07, 6.45) is -1.29. The van der Waals surface area contributed by atoms with Crippen molar-refractivity contribution in [2.75, 3.05) is 26.2 Å². The molecule has 9 heteroatoms. The van der Waals surface area contributed by atoms with Gasteiger partial charge in [-0.1, -0.05) is 18.2 Å². The fourth-order valence-corrected chi connectivity index (χ4v) is 5.21. The number of ether oxygens (including phenoxy) is 4. The van der Waals surface area contributed by atoms with Crippen LogP contribution in [0.3, 0.4) is 0 Å². The Labute approximate surface area is 189 Å². The smallest absolute Gasteiger partial charge is 0.493 e. The molecule has 5 heterocycles. The quantitative estimate of drug-likeness (QED) is 0.739. The van der Waals surface area contributed by atoms with Crippen molar-refractivity contribution < 1.29 is 32.5 Å². The molecule has 7 rings (SSSR count). The number of nitrogens with zero attached hydrogens (tertiary/aromatic N) is 1. The van der Waals surface area contributed by atoms with Gasteiger partial charge in [0.15, 0.2) is 11.5 Å². The Bertz CT molecular complexity index is 1090. The molecule has 33 heavy (non-hydrogen) atoms. The summed E-state index contributed by atoms with van der Waals surface area (Å²) < 4.78 is 47.3. The Morgan fingerprint density at radius 1 is 1.00 bits per heavy atom. The molecule has 1 amide bonds. The molecule has 2 aromatic carbocycles. The standard InChI is InChI=1S/C24H24F2N2O5/c25-24(26)32-19-4-2-16(12-21(19)33-24)15-1-3-17-18(7-10-30-20(17)11-15)27-23(29)31-22-13-28-8-5-14(22)6-9-28/h1-4,11-12,14,18,22H,5-10,13H2,(H,27,29)/t18?,22-/m0/s1. The average molecular weight is 458 g/mol. The lowest BCUT2D eigenvalue weighted by Gasteiger charge is -2.44. The van der Waals surface area contributed by atoms with Crippen LogP contribution in [-0.4, -0.2) is 49.6 Å². The van der Waals surface area contributed by atoms with Crippen molar-refractivity contribution in [1.82, 2.24) is 10.2 Å². The molecule has 7 nitrogen and oxygen atoms in total. The molecule has 174 valence electrons. The van der Waals surface area contributed by atoms with Gasteiger partial charge in [0.25, 0.3) is 0 Å². The SMILES string of the molecule is O=C(NC1CCOc2cc(-c3ccc4c(c3)OC(F)(F)O4)ccc21)O[C@H]1CN2CCC1CC2. The molecular formula is C24H24F2N2O5. The number of hydrogen-bond donors (Lipinski definition) is 1. The van der Waals surface area contributed by atoms with Gasteiger partial charge in [-0.3, -0.25) is 4.90 Å². The number of fused-ring (bicyclic) bond motifs is 5. The highest BCUT2D eigenvalue weighted by Gasteiger charge is 2.43. The number of carbonyl (C=O) groups excluding carboxylic acids is 1. The number of rotatable bonds is 3.